The topological polar surface area (TPSA) is 111 Å². The first-order valence-electron chi connectivity index (χ1n) is 9.10. The van der Waals surface area contributed by atoms with Crippen molar-refractivity contribution in [2.24, 2.45) is 0 Å². The van der Waals surface area contributed by atoms with Gasteiger partial charge in [0.2, 0.25) is 0 Å². The van der Waals surface area contributed by atoms with Crippen LogP contribution in [0.4, 0.5) is 5.69 Å². The fourth-order valence-electron chi connectivity index (χ4n) is 2.64. The average Bonchev–Trinajstić information content (AvgIpc) is 2.76. The van der Waals surface area contributed by atoms with Crippen LogP contribution in [0.2, 0.25) is 0 Å². The van der Waals surface area contributed by atoms with E-state index >= 15 is 0 Å². The molecule has 8 heteroatoms. The van der Waals surface area contributed by atoms with Gasteiger partial charge in [0, 0.05) is 18.2 Å². The zero-order valence-corrected chi connectivity index (χ0v) is 16.1. The molecule has 2 amide bonds. The van der Waals surface area contributed by atoms with E-state index in [1.807, 2.05) is 36.4 Å². The van der Waals surface area contributed by atoms with Crippen LogP contribution in [0.5, 0.6) is 5.75 Å². The molecular weight excluding hydrogens is 386 g/mol. The third kappa shape index (κ3) is 5.41. The number of amides is 2. The fraction of sp³-hybridized carbons (Fsp3) is 0.0909. The van der Waals surface area contributed by atoms with Gasteiger partial charge in [-0.15, -0.1) is 0 Å². The summed E-state index contributed by atoms with van der Waals surface area (Å²) >= 11 is 0. The third-order valence-electron chi connectivity index (χ3n) is 4.24. The number of rotatable bonds is 6. The first-order chi connectivity index (χ1) is 14.4. The Morgan fingerprint density at radius 1 is 1.00 bits per heavy atom. The number of nitrogens with one attached hydrogen (secondary N) is 2. The number of benzene rings is 3. The van der Waals surface area contributed by atoms with Gasteiger partial charge in [-0.25, -0.2) is 0 Å². The van der Waals surface area contributed by atoms with Gasteiger partial charge in [-0.1, -0.05) is 30.3 Å². The molecule has 3 aromatic rings. The van der Waals surface area contributed by atoms with Gasteiger partial charge in [-0.05, 0) is 53.6 Å². The summed E-state index contributed by atoms with van der Waals surface area (Å²) < 4.78 is 5.64. The Morgan fingerprint density at radius 3 is 2.40 bits per heavy atom. The van der Waals surface area contributed by atoms with Crippen LogP contribution < -0.4 is 15.6 Å². The fourth-order valence-corrected chi connectivity index (χ4v) is 2.64. The van der Waals surface area contributed by atoms with Crippen molar-refractivity contribution in [2.45, 2.75) is 13.0 Å². The van der Waals surface area contributed by atoms with Crippen molar-refractivity contribution in [3.05, 3.63) is 88.5 Å². The maximum atomic E-state index is 12.2. The zero-order chi connectivity index (χ0) is 21.5. The quantitative estimate of drug-likeness (QED) is 0.371. The van der Waals surface area contributed by atoms with Gasteiger partial charge < -0.3 is 4.74 Å². The molecule has 3 aromatic carbocycles. The van der Waals surface area contributed by atoms with Crippen LogP contribution >= 0.6 is 0 Å². The number of nitrogens with zero attached hydrogens (tertiary/aromatic N) is 1. The minimum Gasteiger partial charge on any atom is -0.481 e. The van der Waals surface area contributed by atoms with Gasteiger partial charge >= 0.3 is 0 Å². The standard InChI is InChI=1S/C22H19N3O5/c1-15(30-20-12-9-17-4-2-3-5-18(17)14-20)22(27)24-23-21(26)13-8-16-6-10-19(11-7-16)25(28)29/h2-15H,1H3,(H,23,26)(H,24,27)/b13-8+. The van der Waals surface area contributed by atoms with Gasteiger partial charge in [0.15, 0.2) is 6.10 Å². The van der Waals surface area contributed by atoms with Crippen molar-refractivity contribution in [2.75, 3.05) is 0 Å². The molecule has 8 nitrogen and oxygen atoms in total. The lowest BCUT2D eigenvalue weighted by Crippen LogP contribution is -2.46. The minimum absolute atomic E-state index is 0.0377. The molecule has 0 aliphatic rings. The van der Waals surface area contributed by atoms with Crippen molar-refractivity contribution < 1.29 is 19.2 Å². The normalized spacial score (nSPS) is 11.8. The smallest absolute Gasteiger partial charge is 0.279 e. The number of hydrogen-bond donors (Lipinski definition) is 2. The molecule has 0 saturated heterocycles. The second-order valence-electron chi connectivity index (χ2n) is 6.43. The van der Waals surface area contributed by atoms with Crippen LogP contribution in [-0.4, -0.2) is 22.8 Å². The maximum absolute atomic E-state index is 12.2. The lowest BCUT2D eigenvalue weighted by molar-refractivity contribution is -0.384. The van der Waals surface area contributed by atoms with Crippen LogP contribution in [0, 0.1) is 10.1 Å². The predicted octanol–water partition coefficient (Wildman–Crippen LogP) is 3.38. The molecule has 1 unspecified atom stereocenters. The number of hydrogen-bond acceptors (Lipinski definition) is 5. The molecule has 0 heterocycles. The van der Waals surface area contributed by atoms with E-state index < -0.39 is 22.8 Å². The summed E-state index contributed by atoms with van der Waals surface area (Å²) in [5, 5.41) is 12.7. The van der Waals surface area contributed by atoms with E-state index in [4.69, 9.17) is 4.74 Å². The molecular formula is C22H19N3O5. The highest BCUT2D eigenvalue weighted by Gasteiger charge is 2.15. The number of nitro groups is 1. The monoisotopic (exact) mass is 405 g/mol. The molecule has 0 bridgehead atoms. The summed E-state index contributed by atoms with van der Waals surface area (Å²) in [6.45, 7) is 1.57. The third-order valence-corrected chi connectivity index (χ3v) is 4.24. The Kier molecular flexibility index (Phi) is 6.39. The molecule has 30 heavy (non-hydrogen) atoms. The summed E-state index contributed by atoms with van der Waals surface area (Å²) in [7, 11) is 0. The second-order valence-corrected chi connectivity index (χ2v) is 6.43. The van der Waals surface area contributed by atoms with E-state index in [0.29, 0.717) is 11.3 Å². The Bertz CT molecular complexity index is 1110. The molecule has 0 radical (unpaired) electrons. The Morgan fingerprint density at radius 2 is 1.70 bits per heavy atom. The van der Waals surface area contributed by atoms with Crippen molar-refractivity contribution >= 4 is 34.4 Å². The average molecular weight is 405 g/mol. The number of non-ortho nitro benzene ring substituents is 1. The molecule has 0 aromatic heterocycles. The van der Waals surface area contributed by atoms with Crippen LogP contribution in [0.25, 0.3) is 16.8 Å². The van der Waals surface area contributed by atoms with Crippen LogP contribution in [0.15, 0.2) is 72.8 Å². The molecule has 0 spiro atoms. The van der Waals surface area contributed by atoms with E-state index in [9.17, 15) is 19.7 Å². The van der Waals surface area contributed by atoms with E-state index in [1.54, 1.807) is 13.0 Å². The van der Waals surface area contributed by atoms with Crippen molar-refractivity contribution in [3.8, 4) is 5.75 Å². The molecule has 1 atom stereocenters. The number of fused-ring (bicyclic) bond motifs is 1. The molecule has 152 valence electrons. The summed E-state index contributed by atoms with van der Waals surface area (Å²) in [5.41, 5.74) is 5.13. The van der Waals surface area contributed by atoms with Gasteiger partial charge in [-0.3, -0.25) is 30.6 Å². The number of ether oxygens (including phenoxy) is 1. The Hall–Kier alpha value is -4.20. The van der Waals surface area contributed by atoms with Crippen LogP contribution in [0.1, 0.15) is 12.5 Å². The minimum atomic E-state index is -0.829. The maximum Gasteiger partial charge on any atom is 0.279 e. The molecule has 0 aliphatic carbocycles. The van der Waals surface area contributed by atoms with E-state index in [2.05, 4.69) is 10.9 Å². The van der Waals surface area contributed by atoms with E-state index in [0.717, 1.165) is 10.8 Å². The molecule has 0 aliphatic heterocycles. The summed E-state index contributed by atoms with van der Waals surface area (Å²) in [6, 6.07) is 19.0. The van der Waals surface area contributed by atoms with Crippen molar-refractivity contribution in [1.29, 1.82) is 0 Å². The molecule has 0 saturated carbocycles. The highest BCUT2D eigenvalue weighted by Crippen LogP contribution is 2.21. The first kappa shape index (κ1) is 20.5. The molecule has 0 fully saturated rings. The lowest BCUT2D eigenvalue weighted by atomic mass is 10.1. The van der Waals surface area contributed by atoms with Crippen LogP contribution in [0.3, 0.4) is 0 Å². The number of carbonyl (C=O) groups is 2. The van der Waals surface area contributed by atoms with Gasteiger partial charge in [-0.2, -0.15) is 0 Å². The Labute approximate surface area is 172 Å². The summed E-state index contributed by atoms with van der Waals surface area (Å²) in [5.74, 6) is -0.527. The first-order valence-corrected chi connectivity index (χ1v) is 9.10. The van der Waals surface area contributed by atoms with Gasteiger partial charge in [0.25, 0.3) is 17.5 Å². The summed E-state index contributed by atoms with van der Waals surface area (Å²) in [6.07, 6.45) is 1.85. The van der Waals surface area contributed by atoms with E-state index in [1.165, 1.54) is 36.4 Å². The largest absolute Gasteiger partial charge is 0.481 e. The Balaban J connectivity index is 1.49. The number of carbonyl (C=O) groups excluding carboxylic acids is 2. The highest BCUT2D eigenvalue weighted by molar-refractivity contribution is 5.93. The SMILES string of the molecule is CC(Oc1ccc2ccccc2c1)C(=O)NNC(=O)/C=C/c1ccc([N+](=O)[O-])cc1. The van der Waals surface area contributed by atoms with Gasteiger partial charge in [0.05, 0.1) is 4.92 Å². The zero-order valence-electron chi connectivity index (χ0n) is 16.1. The van der Waals surface area contributed by atoms with Crippen molar-refractivity contribution in [3.63, 3.8) is 0 Å². The van der Waals surface area contributed by atoms with Gasteiger partial charge in [0.1, 0.15) is 5.75 Å². The lowest BCUT2D eigenvalue weighted by Gasteiger charge is -2.15. The van der Waals surface area contributed by atoms with E-state index in [-0.39, 0.29) is 5.69 Å². The van der Waals surface area contributed by atoms with Crippen LogP contribution in [-0.2, 0) is 9.59 Å². The number of nitro benzene ring substituents is 1. The molecule has 2 N–H and O–H groups in total. The summed E-state index contributed by atoms with van der Waals surface area (Å²) in [4.78, 5) is 34.1. The highest BCUT2D eigenvalue weighted by atomic mass is 16.6. The predicted molar refractivity (Wildman–Crippen MR) is 112 cm³/mol. The van der Waals surface area contributed by atoms with Crippen molar-refractivity contribution in [1.82, 2.24) is 10.9 Å². The number of hydrazine groups is 1. The second kappa shape index (κ2) is 9.33. The molecule has 3 rings (SSSR count).